The van der Waals surface area contributed by atoms with Crippen LogP contribution in [0.25, 0.3) is 0 Å². The van der Waals surface area contributed by atoms with Crippen molar-refractivity contribution in [1.82, 2.24) is 14.9 Å². The third-order valence-electron chi connectivity index (χ3n) is 6.97. The second kappa shape index (κ2) is 9.41. The molecule has 5 heteroatoms. The lowest BCUT2D eigenvalue weighted by Gasteiger charge is -2.45. The van der Waals surface area contributed by atoms with Crippen LogP contribution in [0.1, 0.15) is 57.8 Å². The van der Waals surface area contributed by atoms with E-state index in [0.29, 0.717) is 12.1 Å². The summed E-state index contributed by atoms with van der Waals surface area (Å²) in [5.41, 5.74) is 0. The summed E-state index contributed by atoms with van der Waals surface area (Å²) in [5, 5.41) is 4.36. The van der Waals surface area contributed by atoms with Crippen LogP contribution in [0.15, 0.2) is 0 Å². The average molecular weight is 368 g/mol. The zero-order valence-corrected chi connectivity index (χ0v) is 16.6. The summed E-state index contributed by atoms with van der Waals surface area (Å²) < 4.78 is 9.89. The molecule has 2 N–H and O–H groups in total. The van der Waals surface area contributed by atoms with E-state index in [-0.39, 0.29) is 0 Å². The van der Waals surface area contributed by atoms with Crippen molar-refractivity contribution in [3.8, 4) is 0 Å². The number of rotatable bonds is 0. The van der Waals surface area contributed by atoms with E-state index in [0.717, 1.165) is 36.8 Å². The molecule has 25 heavy (non-hydrogen) atoms. The highest BCUT2D eigenvalue weighted by molar-refractivity contribution is 7.98. The van der Waals surface area contributed by atoms with Crippen molar-refractivity contribution in [2.75, 3.05) is 39.3 Å². The van der Waals surface area contributed by atoms with Crippen molar-refractivity contribution in [1.29, 1.82) is 0 Å². The molecule has 5 unspecified atom stereocenters. The maximum absolute atomic E-state index is 6.26. The number of hydrogen-bond donors (Lipinski definition) is 2. The molecule has 0 radical (unpaired) electrons. The van der Waals surface area contributed by atoms with Gasteiger partial charge < -0.3 is 10.1 Å². The minimum atomic E-state index is 0.499. The van der Waals surface area contributed by atoms with Crippen LogP contribution in [-0.4, -0.2) is 61.6 Å². The van der Waals surface area contributed by atoms with Crippen molar-refractivity contribution in [2.24, 2.45) is 11.8 Å². The van der Waals surface area contributed by atoms with Gasteiger partial charge in [0.15, 0.2) is 0 Å². The zero-order chi connectivity index (χ0) is 16.9. The van der Waals surface area contributed by atoms with Gasteiger partial charge in [0.25, 0.3) is 0 Å². The monoisotopic (exact) mass is 367 g/mol. The van der Waals surface area contributed by atoms with Gasteiger partial charge in [0, 0.05) is 44.1 Å². The molecule has 5 atom stereocenters. The molecular formula is C20H37N3OS. The Bertz CT molecular complexity index is 410. The van der Waals surface area contributed by atoms with Crippen molar-refractivity contribution in [2.45, 2.75) is 75.2 Å². The summed E-state index contributed by atoms with van der Waals surface area (Å²) in [5.74, 6) is 1.97. The summed E-state index contributed by atoms with van der Waals surface area (Å²) in [6.07, 6.45) is 12.8. The van der Waals surface area contributed by atoms with Gasteiger partial charge in [0.2, 0.25) is 0 Å². The smallest absolute Gasteiger partial charge is 0.0731 e. The highest BCUT2D eigenvalue weighted by Gasteiger charge is 2.39. The van der Waals surface area contributed by atoms with Gasteiger partial charge in [0.05, 0.1) is 6.10 Å². The molecular weight excluding hydrogens is 330 g/mol. The third kappa shape index (κ3) is 4.92. The molecule has 4 aliphatic rings. The fourth-order valence-electron chi connectivity index (χ4n) is 5.32. The molecule has 4 fully saturated rings. The summed E-state index contributed by atoms with van der Waals surface area (Å²) in [4.78, 5) is 2.86. The van der Waals surface area contributed by atoms with E-state index in [2.05, 4.69) is 14.9 Å². The van der Waals surface area contributed by atoms with Gasteiger partial charge in [-0.3, -0.25) is 9.62 Å². The van der Waals surface area contributed by atoms with E-state index in [9.17, 15) is 0 Å². The summed E-state index contributed by atoms with van der Waals surface area (Å²) in [7, 11) is 0. The second-order valence-electron chi connectivity index (χ2n) is 8.62. The molecule has 2 aliphatic heterocycles. The van der Waals surface area contributed by atoms with Crippen LogP contribution >= 0.6 is 11.9 Å². The number of nitrogens with one attached hydrogen (secondary N) is 2. The number of fused-ring (bicyclic) bond motifs is 2. The predicted molar refractivity (Wildman–Crippen MR) is 106 cm³/mol. The molecule has 4 rings (SSSR count). The van der Waals surface area contributed by atoms with Crippen molar-refractivity contribution < 1.29 is 4.74 Å². The highest BCUT2D eigenvalue weighted by Crippen LogP contribution is 2.40. The van der Waals surface area contributed by atoms with E-state index < -0.39 is 0 Å². The second-order valence-corrected chi connectivity index (χ2v) is 9.81. The molecule has 2 bridgehead atoms. The van der Waals surface area contributed by atoms with E-state index in [1.807, 2.05) is 11.9 Å². The maximum atomic E-state index is 6.26. The molecule has 144 valence electrons. The number of nitrogens with zero attached hydrogens (tertiary/aromatic N) is 1. The molecule has 0 spiro atoms. The minimum Gasteiger partial charge on any atom is -0.377 e. The van der Waals surface area contributed by atoms with Crippen LogP contribution in [0.3, 0.4) is 0 Å². The standard InChI is InChI=1S/C20H37N3OS/c1-2-9-21-10-11-22-25-18-7-8-20-19(14-18)23(12-3-13-24-20)15-17-6-5-16(17)4-1/h16-22H,1-15H2. The number of ether oxygens (including phenoxy) is 1. The topological polar surface area (TPSA) is 36.5 Å². The lowest BCUT2D eigenvalue weighted by Crippen LogP contribution is -2.51. The largest absolute Gasteiger partial charge is 0.377 e. The molecule has 2 aliphatic carbocycles. The minimum absolute atomic E-state index is 0.499. The lowest BCUT2D eigenvalue weighted by molar-refractivity contribution is -0.0189. The fraction of sp³-hybridized carbons (Fsp3) is 1.00. The molecule has 0 aromatic rings. The summed E-state index contributed by atoms with van der Waals surface area (Å²) >= 11 is 2.00. The van der Waals surface area contributed by atoms with Crippen molar-refractivity contribution in [3.05, 3.63) is 0 Å². The molecule has 0 amide bonds. The number of hydrogen-bond acceptors (Lipinski definition) is 5. The maximum Gasteiger partial charge on any atom is 0.0731 e. The normalized spacial score (nSPS) is 42.0. The first-order chi connectivity index (χ1) is 12.4. The van der Waals surface area contributed by atoms with Gasteiger partial charge in [-0.05, 0) is 63.3 Å². The van der Waals surface area contributed by atoms with E-state index >= 15 is 0 Å². The van der Waals surface area contributed by atoms with Crippen LogP contribution in [0.5, 0.6) is 0 Å². The van der Waals surface area contributed by atoms with Crippen LogP contribution in [0.2, 0.25) is 0 Å². The average Bonchev–Trinajstić information content (AvgIpc) is 2.81. The van der Waals surface area contributed by atoms with Gasteiger partial charge in [-0.2, -0.15) is 0 Å². The van der Waals surface area contributed by atoms with Crippen molar-refractivity contribution in [3.63, 3.8) is 0 Å². The molecule has 2 saturated carbocycles. The molecule has 0 aromatic heterocycles. The zero-order valence-electron chi connectivity index (χ0n) is 15.8. The predicted octanol–water partition coefficient (Wildman–Crippen LogP) is 3.04. The van der Waals surface area contributed by atoms with Crippen LogP contribution < -0.4 is 10.0 Å². The molecule has 0 aromatic carbocycles. The fourth-order valence-corrected chi connectivity index (χ4v) is 6.32. The quantitative estimate of drug-likeness (QED) is 0.644. The molecule has 2 saturated heterocycles. The Morgan fingerprint density at radius 1 is 0.880 bits per heavy atom. The Morgan fingerprint density at radius 3 is 2.76 bits per heavy atom. The highest BCUT2D eigenvalue weighted by atomic mass is 32.2. The summed E-state index contributed by atoms with van der Waals surface area (Å²) in [6, 6.07) is 0.669. The third-order valence-corrected chi connectivity index (χ3v) is 8.11. The first-order valence-electron chi connectivity index (χ1n) is 10.8. The first kappa shape index (κ1) is 18.5. The van der Waals surface area contributed by atoms with Gasteiger partial charge in [0.1, 0.15) is 0 Å². The van der Waals surface area contributed by atoms with Crippen LogP contribution in [0.4, 0.5) is 0 Å². The Labute approximate surface area is 158 Å². The van der Waals surface area contributed by atoms with Gasteiger partial charge in [-0.15, -0.1) is 0 Å². The van der Waals surface area contributed by atoms with Crippen LogP contribution in [0, 0.1) is 11.8 Å². The summed E-state index contributed by atoms with van der Waals surface area (Å²) in [6.45, 7) is 6.97. The Morgan fingerprint density at radius 2 is 1.84 bits per heavy atom. The van der Waals surface area contributed by atoms with E-state index in [4.69, 9.17) is 4.74 Å². The van der Waals surface area contributed by atoms with Gasteiger partial charge in [-0.1, -0.05) is 24.8 Å². The molecule has 4 nitrogen and oxygen atoms in total. The first-order valence-corrected chi connectivity index (χ1v) is 11.7. The van der Waals surface area contributed by atoms with Crippen LogP contribution in [-0.2, 0) is 4.74 Å². The Hall–Kier alpha value is 0.190. The van der Waals surface area contributed by atoms with Gasteiger partial charge >= 0.3 is 0 Å². The van der Waals surface area contributed by atoms with E-state index in [1.54, 1.807) is 0 Å². The Balaban J connectivity index is 1.42. The van der Waals surface area contributed by atoms with Crippen molar-refractivity contribution >= 4 is 11.9 Å². The Kier molecular flexibility index (Phi) is 6.98. The lowest BCUT2D eigenvalue weighted by atomic mass is 9.70. The van der Waals surface area contributed by atoms with Gasteiger partial charge in [-0.25, -0.2) is 0 Å². The SMILES string of the molecule is C1CCC2CCC2CN2CCCOC3CCC(CC32)SNCCNC1. The van der Waals surface area contributed by atoms with E-state index in [1.165, 1.54) is 77.4 Å². The molecule has 2 heterocycles.